The molecule has 1 aromatic heterocycles. The first-order chi connectivity index (χ1) is 17.0. The summed E-state index contributed by atoms with van der Waals surface area (Å²) in [5, 5.41) is 18.3. The van der Waals surface area contributed by atoms with Gasteiger partial charge >= 0.3 is 0 Å². The number of anilines is 1. The zero-order valence-corrected chi connectivity index (χ0v) is 21.8. The van der Waals surface area contributed by atoms with Crippen LogP contribution in [0, 0.1) is 0 Å². The largest absolute Gasteiger partial charge is 0.507 e. The van der Waals surface area contributed by atoms with Crippen LogP contribution in [0.15, 0.2) is 58.3 Å². The molecule has 2 aromatic carbocycles. The number of halogens is 2. The van der Waals surface area contributed by atoms with Crippen molar-refractivity contribution in [2.24, 2.45) is 5.14 Å². The molecule has 9 nitrogen and oxygen atoms in total. The summed E-state index contributed by atoms with van der Waals surface area (Å²) < 4.78 is 33.9. The van der Waals surface area contributed by atoms with E-state index in [1.165, 1.54) is 60.8 Å². The zero-order chi connectivity index (χ0) is 26.4. The molecule has 0 radical (unpaired) electrons. The number of nitrogens with two attached hydrogens (primary N) is 1. The van der Waals surface area contributed by atoms with Gasteiger partial charge in [-0.3, -0.25) is 14.5 Å². The third-order valence-electron chi connectivity index (χ3n) is 5.50. The molecule has 4 rings (SSSR count). The summed E-state index contributed by atoms with van der Waals surface area (Å²) in [6.07, 6.45) is 0. The highest BCUT2D eigenvalue weighted by molar-refractivity contribution is 7.89. The van der Waals surface area contributed by atoms with Crippen LogP contribution < -0.4 is 19.5 Å². The number of ketones is 1. The highest BCUT2D eigenvalue weighted by Gasteiger charge is 2.48. The molecule has 3 aromatic rings. The Hall–Kier alpha value is -3.09. The number of thiophene rings is 1. The van der Waals surface area contributed by atoms with Crippen LogP contribution in [0.2, 0.25) is 10.0 Å². The lowest BCUT2D eigenvalue weighted by Crippen LogP contribution is -2.29. The third-order valence-corrected chi connectivity index (χ3v) is 7.97. The summed E-state index contributed by atoms with van der Waals surface area (Å²) in [5.74, 6) is -2.35. The molecule has 36 heavy (non-hydrogen) atoms. The maximum Gasteiger partial charge on any atom is 0.300 e. The number of aliphatic hydroxyl groups is 1. The Morgan fingerprint density at radius 2 is 1.72 bits per heavy atom. The first-order valence-electron chi connectivity index (χ1n) is 10.1. The number of carbonyl (C=O) groups is 2. The van der Waals surface area contributed by atoms with Crippen molar-refractivity contribution in [3.8, 4) is 11.5 Å². The van der Waals surface area contributed by atoms with Gasteiger partial charge in [0.05, 0.1) is 35.3 Å². The number of ether oxygens (including phenoxy) is 2. The number of hydrogen-bond acceptors (Lipinski definition) is 8. The van der Waals surface area contributed by atoms with Crippen LogP contribution in [-0.2, 0) is 19.6 Å². The number of sulfonamides is 1. The number of aliphatic hydroxyl groups excluding tert-OH is 1. The lowest BCUT2D eigenvalue weighted by atomic mass is 9.99. The lowest BCUT2D eigenvalue weighted by Gasteiger charge is -2.24. The van der Waals surface area contributed by atoms with Crippen molar-refractivity contribution < 1.29 is 32.6 Å². The Morgan fingerprint density at radius 3 is 2.25 bits per heavy atom. The van der Waals surface area contributed by atoms with Gasteiger partial charge in [-0.25, -0.2) is 13.6 Å². The Kier molecular flexibility index (Phi) is 7.04. The fourth-order valence-corrected chi connectivity index (χ4v) is 5.93. The molecule has 3 N–H and O–H groups in total. The monoisotopic (exact) mass is 568 g/mol. The lowest BCUT2D eigenvalue weighted by molar-refractivity contribution is -0.132. The minimum atomic E-state index is -3.97. The molecule has 1 amide bonds. The SMILES string of the molecule is COc1c(Cl)cc(/C(O)=C2/C(=O)C(=O)N(c3ccc(S(N)(=O)=O)cc3)C2c2cccs2)c(OC)c1Cl. The van der Waals surface area contributed by atoms with Crippen molar-refractivity contribution in [3.63, 3.8) is 0 Å². The van der Waals surface area contributed by atoms with E-state index in [1.54, 1.807) is 17.5 Å². The summed E-state index contributed by atoms with van der Waals surface area (Å²) in [7, 11) is -1.30. The van der Waals surface area contributed by atoms with Gasteiger partial charge < -0.3 is 14.6 Å². The van der Waals surface area contributed by atoms with Gasteiger partial charge in [-0.05, 0) is 41.8 Å². The topological polar surface area (TPSA) is 136 Å². The van der Waals surface area contributed by atoms with Crippen LogP contribution in [0.3, 0.4) is 0 Å². The van der Waals surface area contributed by atoms with E-state index in [2.05, 4.69) is 0 Å². The van der Waals surface area contributed by atoms with Gasteiger partial charge in [-0.1, -0.05) is 29.3 Å². The molecule has 188 valence electrons. The number of Topliss-reactive ketones (excluding diaryl/α,β-unsaturated/α-hetero) is 1. The Labute approximate surface area is 220 Å². The molecular formula is C23H18Cl2N2O7S2. The van der Waals surface area contributed by atoms with E-state index in [0.29, 0.717) is 4.88 Å². The number of hydrogen-bond donors (Lipinski definition) is 2. The van der Waals surface area contributed by atoms with Gasteiger partial charge in [0.15, 0.2) is 11.5 Å². The van der Waals surface area contributed by atoms with Crippen LogP contribution in [0.4, 0.5) is 5.69 Å². The van der Waals surface area contributed by atoms with Gasteiger partial charge in [0.2, 0.25) is 10.0 Å². The van der Waals surface area contributed by atoms with Gasteiger partial charge in [0.25, 0.3) is 11.7 Å². The average molecular weight is 569 g/mol. The van der Waals surface area contributed by atoms with Crippen molar-refractivity contribution >= 4 is 67.7 Å². The van der Waals surface area contributed by atoms with Crippen LogP contribution >= 0.6 is 34.5 Å². The Bertz CT molecular complexity index is 1500. The molecule has 13 heteroatoms. The van der Waals surface area contributed by atoms with E-state index in [1.807, 2.05) is 0 Å². The van der Waals surface area contributed by atoms with Crippen molar-refractivity contribution in [3.05, 3.63) is 73.9 Å². The van der Waals surface area contributed by atoms with Crippen LogP contribution in [0.1, 0.15) is 16.5 Å². The fraction of sp³-hybridized carbons (Fsp3) is 0.130. The van der Waals surface area contributed by atoms with E-state index in [0.717, 1.165) is 0 Å². The molecule has 0 spiro atoms. The quantitative estimate of drug-likeness (QED) is 0.256. The number of amides is 1. The van der Waals surface area contributed by atoms with Crippen LogP contribution in [0.25, 0.3) is 5.76 Å². The van der Waals surface area contributed by atoms with E-state index < -0.39 is 33.5 Å². The summed E-state index contributed by atoms with van der Waals surface area (Å²) in [6, 6.07) is 8.87. The molecule has 0 aliphatic carbocycles. The first-order valence-corrected chi connectivity index (χ1v) is 13.3. The molecule has 1 aliphatic heterocycles. The van der Waals surface area contributed by atoms with Crippen molar-refractivity contribution in [2.45, 2.75) is 10.9 Å². The normalized spacial score (nSPS) is 17.5. The molecule has 1 atom stereocenters. The number of methoxy groups -OCH3 is 2. The third kappa shape index (κ3) is 4.33. The average Bonchev–Trinajstić information content (AvgIpc) is 3.45. The molecule has 1 fully saturated rings. The van der Waals surface area contributed by atoms with Gasteiger partial charge in [0.1, 0.15) is 16.8 Å². The summed E-state index contributed by atoms with van der Waals surface area (Å²) >= 11 is 13.9. The van der Waals surface area contributed by atoms with Crippen molar-refractivity contribution in [1.29, 1.82) is 0 Å². The predicted molar refractivity (Wildman–Crippen MR) is 136 cm³/mol. The minimum Gasteiger partial charge on any atom is -0.507 e. The number of nitrogens with zero attached hydrogens (tertiary/aromatic N) is 1. The van der Waals surface area contributed by atoms with E-state index in [-0.39, 0.29) is 43.3 Å². The van der Waals surface area contributed by atoms with Crippen molar-refractivity contribution in [2.75, 3.05) is 19.1 Å². The van der Waals surface area contributed by atoms with Crippen molar-refractivity contribution in [1.82, 2.24) is 0 Å². The second-order valence-electron chi connectivity index (χ2n) is 7.51. The predicted octanol–water partition coefficient (Wildman–Crippen LogP) is 4.35. The van der Waals surface area contributed by atoms with E-state index in [9.17, 15) is 23.1 Å². The Balaban J connectivity index is 1.96. The summed E-state index contributed by atoms with van der Waals surface area (Å²) in [4.78, 5) is 28.1. The first kappa shape index (κ1) is 26.0. The number of carbonyl (C=O) groups excluding carboxylic acids is 2. The van der Waals surface area contributed by atoms with Gasteiger partial charge in [0, 0.05) is 10.6 Å². The zero-order valence-electron chi connectivity index (χ0n) is 18.7. The van der Waals surface area contributed by atoms with Crippen LogP contribution in [-0.4, -0.2) is 39.4 Å². The second kappa shape index (κ2) is 9.75. The maximum atomic E-state index is 13.3. The molecule has 0 saturated carbocycles. The molecule has 1 saturated heterocycles. The smallest absolute Gasteiger partial charge is 0.300 e. The highest BCUT2D eigenvalue weighted by atomic mass is 35.5. The maximum absolute atomic E-state index is 13.3. The second-order valence-corrected chi connectivity index (χ2v) is 10.8. The van der Waals surface area contributed by atoms with Gasteiger partial charge in [-0.15, -0.1) is 11.3 Å². The minimum absolute atomic E-state index is 0.0101. The molecule has 2 heterocycles. The molecule has 1 unspecified atom stereocenters. The highest BCUT2D eigenvalue weighted by Crippen LogP contribution is 2.48. The van der Waals surface area contributed by atoms with E-state index >= 15 is 0 Å². The molecule has 1 aliphatic rings. The summed E-state index contributed by atoms with van der Waals surface area (Å²) in [6.45, 7) is 0. The number of benzene rings is 2. The number of rotatable bonds is 6. The fourth-order valence-electron chi connectivity index (χ4n) is 3.90. The summed E-state index contributed by atoms with van der Waals surface area (Å²) in [5.41, 5.74) is -0.0225. The number of primary sulfonamides is 1. The van der Waals surface area contributed by atoms with Gasteiger partial charge in [-0.2, -0.15) is 0 Å². The standard InChI is InChI=1S/C23H18Cl2N2O7S2/c1-33-21-13(10-14(24)22(34-2)17(21)25)19(28)16-18(15-4-3-9-35-15)27(23(30)20(16)29)11-5-7-12(8-6-11)36(26,31)32/h3-10,18,28H,1-2H3,(H2,26,31,32)/b19-16-. The van der Waals surface area contributed by atoms with Crippen LogP contribution in [0.5, 0.6) is 11.5 Å². The molecule has 0 bridgehead atoms. The Morgan fingerprint density at radius 1 is 1.08 bits per heavy atom. The molecular weight excluding hydrogens is 551 g/mol. The van der Waals surface area contributed by atoms with E-state index in [4.69, 9.17) is 37.8 Å².